The molecule has 0 saturated heterocycles. The van der Waals surface area contributed by atoms with E-state index in [-0.39, 0.29) is 51.9 Å². The molecule has 1 aromatic carbocycles. The maximum atomic E-state index is 9.58. The third kappa shape index (κ3) is 10.1. The fraction of sp³-hybridized carbons (Fsp3) is 0.444. The smallest absolute Gasteiger partial charge is 0.117 e. The molecule has 1 aliphatic rings. The predicted octanol–water partition coefficient (Wildman–Crippen LogP) is 5.29. The Morgan fingerprint density at radius 2 is 1.65 bits per heavy atom. The molecule has 2 rings (SSSR count). The Morgan fingerprint density at radius 1 is 1.09 bits per heavy atom. The van der Waals surface area contributed by atoms with E-state index in [4.69, 9.17) is 0 Å². The largest absolute Gasteiger partial charge is 0.508 e. The van der Waals surface area contributed by atoms with Crippen LogP contribution in [-0.2, 0) is 27.1 Å². The fourth-order valence-corrected chi connectivity index (χ4v) is 1.80. The minimum Gasteiger partial charge on any atom is -0.508 e. The van der Waals surface area contributed by atoms with E-state index in [0.29, 0.717) is 5.75 Å². The van der Waals surface area contributed by atoms with Crippen LogP contribution < -0.4 is 4.90 Å². The predicted molar refractivity (Wildman–Crippen MR) is 102 cm³/mol. The summed E-state index contributed by atoms with van der Waals surface area (Å²) in [4.78, 5) is 2.00. The molecule has 0 aliphatic heterocycles. The van der Waals surface area contributed by atoms with E-state index in [1.165, 1.54) is 5.57 Å². The van der Waals surface area contributed by atoms with Crippen molar-refractivity contribution in [3.8, 4) is 5.75 Å². The Morgan fingerprint density at radius 3 is 1.96 bits per heavy atom. The molecule has 0 fully saturated rings. The van der Waals surface area contributed by atoms with E-state index in [9.17, 15) is 5.11 Å². The summed E-state index contributed by atoms with van der Waals surface area (Å²) in [5.74, 6) is 0.334. The third-order valence-corrected chi connectivity index (χ3v) is 3.15. The molecule has 0 bridgehead atoms. The van der Waals surface area contributed by atoms with E-state index in [1.807, 2.05) is 25.1 Å². The summed E-state index contributed by atoms with van der Waals surface area (Å²) in [5.41, 5.74) is 3.54. The van der Waals surface area contributed by atoms with Crippen LogP contribution in [0.1, 0.15) is 39.7 Å². The molecule has 0 heterocycles. The molecule has 0 unspecified atom stereocenters. The summed E-state index contributed by atoms with van der Waals surface area (Å²) in [6, 6.07) is 5.71. The number of halogens is 2. The van der Waals surface area contributed by atoms with Gasteiger partial charge in [0, 0.05) is 47.6 Å². The normalized spacial score (nSPS) is 11.8. The zero-order valence-corrected chi connectivity index (χ0v) is 18.0. The molecule has 0 atom stereocenters. The van der Waals surface area contributed by atoms with Crippen molar-refractivity contribution in [2.45, 2.75) is 39.5 Å². The number of hydrogen-bond donors (Lipinski definition) is 1. The van der Waals surface area contributed by atoms with Gasteiger partial charge in [-0.15, -0.1) is 31.2 Å². The number of benzene rings is 1. The minimum atomic E-state index is 0. The van der Waals surface area contributed by atoms with Crippen LogP contribution >= 0.6 is 24.8 Å². The Labute approximate surface area is 168 Å². The first-order valence-electron chi connectivity index (χ1n) is 6.96. The SMILES string of the molecule is CC1=[C-]CC=C1.CN(C)c1cc(O)cc(C(C)(C)C)c1.Cl.Cl.[Ti]. The van der Waals surface area contributed by atoms with Gasteiger partial charge < -0.3 is 10.0 Å². The van der Waals surface area contributed by atoms with Crippen molar-refractivity contribution >= 4 is 30.5 Å². The van der Waals surface area contributed by atoms with Gasteiger partial charge in [0.2, 0.25) is 0 Å². The van der Waals surface area contributed by atoms with Gasteiger partial charge in [0.05, 0.1) is 0 Å². The van der Waals surface area contributed by atoms with Crippen molar-refractivity contribution in [2.75, 3.05) is 19.0 Å². The first-order valence-corrected chi connectivity index (χ1v) is 6.96. The average Bonchev–Trinajstić information content (AvgIpc) is 2.79. The molecular formula is C18H28Cl2NOTi-. The van der Waals surface area contributed by atoms with Crippen molar-refractivity contribution in [2.24, 2.45) is 0 Å². The van der Waals surface area contributed by atoms with Crippen LogP contribution in [0, 0.1) is 6.08 Å². The molecule has 5 heteroatoms. The molecule has 0 aromatic heterocycles. The van der Waals surface area contributed by atoms with E-state index in [1.54, 1.807) is 6.07 Å². The molecule has 23 heavy (non-hydrogen) atoms. The summed E-state index contributed by atoms with van der Waals surface area (Å²) in [7, 11) is 3.95. The van der Waals surface area contributed by atoms with E-state index in [2.05, 4.69) is 52.0 Å². The van der Waals surface area contributed by atoms with Crippen molar-refractivity contribution in [3.05, 3.63) is 47.6 Å². The van der Waals surface area contributed by atoms with Crippen LogP contribution in [0.4, 0.5) is 5.69 Å². The monoisotopic (exact) mass is 392 g/mol. The first kappa shape index (κ1) is 27.4. The van der Waals surface area contributed by atoms with E-state index >= 15 is 0 Å². The van der Waals surface area contributed by atoms with Crippen LogP contribution in [0.3, 0.4) is 0 Å². The topological polar surface area (TPSA) is 23.5 Å². The molecular weight excluding hydrogens is 365 g/mol. The molecule has 0 amide bonds. The first-order chi connectivity index (χ1) is 9.20. The van der Waals surface area contributed by atoms with Gasteiger partial charge in [-0.2, -0.15) is 6.08 Å². The van der Waals surface area contributed by atoms with Gasteiger partial charge in [0.1, 0.15) is 5.75 Å². The third-order valence-electron chi connectivity index (χ3n) is 3.15. The fourth-order valence-electron chi connectivity index (χ4n) is 1.80. The Bertz CT molecular complexity index is 517. The molecule has 0 spiro atoms. The van der Waals surface area contributed by atoms with Crippen LogP contribution in [0.2, 0.25) is 0 Å². The van der Waals surface area contributed by atoms with Gasteiger partial charge in [-0.05, 0) is 23.1 Å². The molecule has 2 nitrogen and oxygen atoms in total. The Balaban J connectivity index is -0.000000382. The summed E-state index contributed by atoms with van der Waals surface area (Å²) in [6.45, 7) is 8.48. The summed E-state index contributed by atoms with van der Waals surface area (Å²) >= 11 is 0. The van der Waals surface area contributed by atoms with Crippen molar-refractivity contribution < 1.29 is 26.8 Å². The quantitative estimate of drug-likeness (QED) is 0.518. The van der Waals surface area contributed by atoms with Gasteiger partial charge in [0.15, 0.2) is 0 Å². The van der Waals surface area contributed by atoms with E-state index < -0.39 is 0 Å². The Kier molecular flexibility index (Phi) is 14.4. The number of allylic oxidation sites excluding steroid dienone is 4. The average molecular weight is 393 g/mol. The number of nitrogens with zero attached hydrogens (tertiary/aromatic N) is 1. The van der Waals surface area contributed by atoms with Crippen molar-refractivity contribution in [3.63, 3.8) is 0 Å². The molecule has 0 saturated carbocycles. The second kappa shape index (κ2) is 12.0. The second-order valence-corrected chi connectivity index (χ2v) is 6.35. The maximum Gasteiger partial charge on any atom is 0.117 e. The van der Waals surface area contributed by atoms with Crippen molar-refractivity contribution in [1.82, 2.24) is 0 Å². The number of anilines is 1. The summed E-state index contributed by atoms with van der Waals surface area (Å²) in [6.07, 6.45) is 8.33. The number of aromatic hydroxyl groups is 1. The van der Waals surface area contributed by atoms with Gasteiger partial charge in [-0.3, -0.25) is 6.08 Å². The van der Waals surface area contributed by atoms with Crippen LogP contribution in [0.5, 0.6) is 5.75 Å². The standard InChI is InChI=1S/C12H19NO.C6H7.2ClH.Ti/c1-12(2,3)9-6-10(13(4)5)8-11(14)7-9;1-6-4-2-3-5-6;;;/h6-8,14H,1-5H3;2,4H,3H2,1H3;2*1H;/q;-1;;;. The molecule has 1 aliphatic carbocycles. The molecule has 0 radical (unpaired) electrons. The Hall–Kier alpha value is -0.406. The molecule has 130 valence electrons. The molecule has 1 N–H and O–H groups in total. The zero-order valence-electron chi connectivity index (χ0n) is 14.8. The van der Waals surface area contributed by atoms with Gasteiger partial charge in [-0.1, -0.05) is 27.7 Å². The number of phenolic OH excluding ortho intramolecular Hbond substituents is 1. The number of rotatable bonds is 1. The summed E-state index contributed by atoms with van der Waals surface area (Å²) in [5, 5.41) is 9.58. The van der Waals surface area contributed by atoms with Gasteiger partial charge in [0.25, 0.3) is 0 Å². The van der Waals surface area contributed by atoms with Gasteiger partial charge >= 0.3 is 0 Å². The molecule has 1 aromatic rings. The summed E-state index contributed by atoms with van der Waals surface area (Å²) < 4.78 is 0. The number of hydrogen-bond acceptors (Lipinski definition) is 2. The van der Waals surface area contributed by atoms with Crippen LogP contribution in [0.15, 0.2) is 35.9 Å². The van der Waals surface area contributed by atoms with Crippen molar-refractivity contribution in [1.29, 1.82) is 0 Å². The second-order valence-electron chi connectivity index (χ2n) is 6.35. The zero-order chi connectivity index (χ0) is 15.3. The minimum absolute atomic E-state index is 0. The van der Waals surface area contributed by atoms with Crippen LogP contribution in [0.25, 0.3) is 0 Å². The maximum absolute atomic E-state index is 9.58. The van der Waals surface area contributed by atoms with Crippen LogP contribution in [-0.4, -0.2) is 19.2 Å². The van der Waals surface area contributed by atoms with Gasteiger partial charge in [-0.25, -0.2) is 11.6 Å². The number of phenols is 1. The van der Waals surface area contributed by atoms with E-state index in [0.717, 1.165) is 17.7 Å².